The molecule has 0 saturated carbocycles. The number of hydrogen-bond acceptors (Lipinski definition) is 3. The van der Waals surface area contributed by atoms with Crippen LogP contribution >= 0.6 is 0 Å². The fraction of sp³-hybridized carbons (Fsp3) is 0.500. The van der Waals surface area contributed by atoms with Gasteiger partial charge in [0.15, 0.2) is 5.65 Å². The summed E-state index contributed by atoms with van der Waals surface area (Å²) in [4.78, 5) is 18.8. The third kappa shape index (κ3) is 2.80. The number of fused-ring (bicyclic) bond motifs is 1. The van der Waals surface area contributed by atoms with Gasteiger partial charge in [0.2, 0.25) is 0 Å². The molecule has 4 nitrogen and oxygen atoms in total. The molecule has 1 fully saturated rings. The van der Waals surface area contributed by atoms with Gasteiger partial charge in [-0.3, -0.25) is 9.20 Å². The smallest absolute Gasteiger partial charge is 0.365 e. The molecule has 0 spiro atoms. The predicted octanol–water partition coefficient (Wildman–Crippen LogP) is 3.26. The summed E-state index contributed by atoms with van der Waals surface area (Å²) in [6.45, 7) is 5.16. The number of aryl methyl sites for hydroxylation is 1. The Hall–Kier alpha value is -2.05. The van der Waals surface area contributed by atoms with E-state index in [9.17, 15) is 18.0 Å². The van der Waals surface area contributed by atoms with E-state index in [0.717, 1.165) is 36.4 Å². The molecule has 0 aliphatic carbocycles. The molecule has 0 bridgehead atoms. The maximum atomic E-state index is 13.1. The van der Waals surface area contributed by atoms with Gasteiger partial charge in [0.1, 0.15) is 5.69 Å². The van der Waals surface area contributed by atoms with Crippen LogP contribution < -0.4 is 10.5 Å². The van der Waals surface area contributed by atoms with Crippen molar-refractivity contribution in [1.82, 2.24) is 9.38 Å². The van der Waals surface area contributed by atoms with E-state index in [1.165, 1.54) is 12.3 Å². The van der Waals surface area contributed by atoms with Crippen LogP contribution in [0.4, 0.5) is 18.9 Å². The minimum Gasteiger partial charge on any atom is -0.365 e. The third-order valence-electron chi connectivity index (χ3n) is 4.28. The van der Waals surface area contributed by atoms with Crippen molar-refractivity contribution < 1.29 is 13.2 Å². The fourth-order valence-corrected chi connectivity index (χ4v) is 3.24. The summed E-state index contributed by atoms with van der Waals surface area (Å²) in [5.41, 5.74) is -0.906. The molecule has 0 N–H and O–H groups in total. The average molecular weight is 325 g/mol. The van der Waals surface area contributed by atoms with Crippen molar-refractivity contribution in [2.75, 3.05) is 18.0 Å². The van der Waals surface area contributed by atoms with Crippen LogP contribution in [-0.2, 0) is 6.18 Å². The van der Waals surface area contributed by atoms with Crippen molar-refractivity contribution in [3.8, 4) is 0 Å². The van der Waals surface area contributed by atoms with Gasteiger partial charge in [0, 0.05) is 19.3 Å². The average Bonchev–Trinajstić information content (AvgIpc) is 2.46. The van der Waals surface area contributed by atoms with Crippen LogP contribution in [0, 0.1) is 12.8 Å². The second kappa shape index (κ2) is 5.54. The summed E-state index contributed by atoms with van der Waals surface area (Å²) in [6, 6.07) is 2.18. The zero-order valence-electron chi connectivity index (χ0n) is 13.0. The number of anilines is 1. The van der Waals surface area contributed by atoms with Crippen LogP contribution in [0.2, 0.25) is 0 Å². The first kappa shape index (κ1) is 15.8. The van der Waals surface area contributed by atoms with Gasteiger partial charge in [-0.05, 0) is 37.8 Å². The Morgan fingerprint density at radius 2 is 2.09 bits per heavy atom. The number of piperidine rings is 1. The van der Waals surface area contributed by atoms with E-state index in [0.29, 0.717) is 17.3 Å². The summed E-state index contributed by atoms with van der Waals surface area (Å²) in [5, 5.41) is 0. The topological polar surface area (TPSA) is 37.6 Å². The highest BCUT2D eigenvalue weighted by Gasteiger charge is 2.34. The number of nitrogens with zero attached hydrogens (tertiary/aromatic N) is 3. The Morgan fingerprint density at radius 1 is 1.35 bits per heavy atom. The van der Waals surface area contributed by atoms with Crippen molar-refractivity contribution in [3.63, 3.8) is 0 Å². The zero-order valence-corrected chi connectivity index (χ0v) is 13.0. The van der Waals surface area contributed by atoms with Crippen molar-refractivity contribution in [3.05, 3.63) is 39.9 Å². The predicted molar refractivity (Wildman–Crippen MR) is 81.8 cm³/mol. The first-order valence-corrected chi connectivity index (χ1v) is 7.63. The fourth-order valence-electron chi connectivity index (χ4n) is 3.24. The standard InChI is InChI=1S/C16H18F3N3O/c1-10-5-3-7-21(9-10)13-11(2)20-14-12(16(17,18)19)6-4-8-22(14)15(13)23/h4,6,8,10H,3,5,7,9H2,1-2H3/t10-/m0/s1. The van der Waals surface area contributed by atoms with Crippen LogP contribution in [-0.4, -0.2) is 22.5 Å². The van der Waals surface area contributed by atoms with Gasteiger partial charge in [-0.15, -0.1) is 0 Å². The Morgan fingerprint density at radius 3 is 2.74 bits per heavy atom. The number of alkyl halides is 3. The van der Waals surface area contributed by atoms with E-state index < -0.39 is 17.3 Å². The Bertz CT molecular complexity index is 797. The second-order valence-corrected chi connectivity index (χ2v) is 6.16. The molecule has 1 aliphatic heterocycles. The van der Waals surface area contributed by atoms with Gasteiger partial charge >= 0.3 is 6.18 Å². The minimum absolute atomic E-state index is 0.337. The summed E-state index contributed by atoms with van der Waals surface area (Å²) < 4.78 is 40.4. The van der Waals surface area contributed by atoms with Gasteiger partial charge in [-0.25, -0.2) is 4.98 Å². The highest BCUT2D eigenvalue weighted by Crippen LogP contribution is 2.32. The lowest BCUT2D eigenvalue weighted by Crippen LogP contribution is -2.39. The first-order chi connectivity index (χ1) is 10.8. The molecule has 3 heterocycles. The largest absolute Gasteiger partial charge is 0.419 e. The monoisotopic (exact) mass is 325 g/mol. The second-order valence-electron chi connectivity index (χ2n) is 6.16. The molecule has 0 radical (unpaired) electrons. The van der Waals surface area contributed by atoms with Crippen molar-refractivity contribution in [2.24, 2.45) is 5.92 Å². The number of hydrogen-bond donors (Lipinski definition) is 0. The minimum atomic E-state index is -4.54. The van der Waals surface area contributed by atoms with Crippen LogP contribution in [0.3, 0.4) is 0 Å². The van der Waals surface area contributed by atoms with Crippen LogP contribution in [0.1, 0.15) is 31.0 Å². The van der Waals surface area contributed by atoms with Gasteiger partial charge in [-0.2, -0.15) is 13.2 Å². The summed E-state index contributed by atoms with van der Waals surface area (Å²) in [6.07, 6.45) is -1.14. The van der Waals surface area contributed by atoms with E-state index in [1.54, 1.807) is 6.92 Å². The highest BCUT2D eigenvalue weighted by atomic mass is 19.4. The molecule has 0 unspecified atom stereocenters. The normalized spacial score (nSPS) is 19.3. The number of halogens is 3. The summed E-state index contributed by atoms with van der Waals surface area (Å²) in [5.74, 6) is 0.449. The van der Waals surface area contributed by atoms with Crippen LogP contribution in [0.15, 0.2) is 23.1 Å². The molecule has 2 aromatic rings. The van der Waals surface area contributed by atoms with Crippen molar-refractivity contribution >= 4 is 11.3 Å². The summed E-state index contributed by atoms with van der Waals surface area (Å²) >= 11 is 0. The molecule has 23 heavy (non-hydrogen) atoms. The molecule has 0 amide bonds. The van der Waals surface area contributed by atoms with E-state index in [4.69, 9.17) is 0 Å². The molecular formula is C16H18F3N3O. The van der Waals surface area contributed by atoms with E-state index >= 15 is 0 Å². The van der Waals surface area contributed by atoms with E-state index in [1.807, 2.05) is 4.90 Å². The Balaban J connectivity index is 2.21. The molecule has 124 valence electrons. The molecule has 1 atom stereocenters. The van der Waals surface area contributed by atoms with Crippen molar-refractivity contribution in [2.45, 2.75) is 32.9 Å². The lowest BCUT2D eigenvalue weighted by atomic mass is 10.00. The maximum Gasteiger partial charge on any atom is 0.419 e. The summed E-state index contributed by atoms with van der Waals surface area (Å²) in [7, 11) is 0. The van der Waals surface area contributed by atoms with E-state index in [2.05, 4.69) is 11.9 Å². The maximum absolute atomic E-state index is 13.1. The highest BCUT2D eigenvalue weighted by molar-refractivity contribution is 5.57. The Kier molecular flexibility index (Phi) is 3.82. The number of pyridine rings is 1. The molecule has 0 aromatic carbocycles. The SMILES string of the molecule is Cc1nc2c(C(F)(F)F)cccn2c(=O)c1N1CCC[C@H](C)C1. The first-order valence-electron chi connectivity index (χ1n) is 7.63. The lowest BCUT2D eigenvalue weighted by Gasteiger charge is -2.33. The molecule has 3 rings (SSSR count). The number of aromatic nitrogens is 2. The van der Waals surface area contributed by atoms with E-state index in [-0.39, 0.29) is 5.65 Å². The lowest BCUT2D eigenvalue weighted by molar-refractivity contribution is -0.136. The van der Waals surface area contributed by atoms with Gasteiger partial charge in [0.05, 0.1) is 11.3 Å². The van der Waals surface area contributed by atoms with Gasteiger partial charge in [-0.1, -0.05) is 6.92 Å². The zero-order chi connectivity index (χ0) is 16.8. The van der Waals surface area contributed by atoms with Gasteiger partial charge < -0.3 is 4.90 Å². The third-order valence-corrected chi connectivity index (χ3v) is 4.28. The molecule has 1 aliphatic rings. The molecule has 1 saturated heterocycles. The quantitative estimate of drug-likeness (QED) is 0.808. The molecule has 2 aromatic heterocycles. The molecule has 7 heteroatoms. The molecular weight excluding hydrogens is 307 g/mol. The van der Waals surface area contributed by atoms with Gasteiger partial charge in [0.25, 0.3) is 5.56 Å². The van der Waals surface area contributed by atoms with Crippen molar-refractivity contribution in [1.29, 1.82) is 0 Å². The van der Waals surface area contributed by atoms with Crippen LogP contribution in [0.25, 0.3) is 5.65 Å². The number of rotatable bonds is 1. The van der Waals surface area contributed by atoms with Crippen LogP contribution in [0.5, 0.6) is 0 Å². The Labute approximate surface area is 131 Å².